The second-order valence-corrected chi connectivity index (χ2v) is 4.00. The van der Waals surface area contributed by atoms with Crippen molar-refractivity contribution in [2.45, 2.75) is 6.92 Å². The lowest BCUT2D eigenvalue weighted by Crippen LogP contribution is -2.33. The molecular formula is C12H15ClN2O3. The Kier molecular flexibility index (Phi) is 5.45. The van der Waals surface area contributed by atoms with Crippen molar-refractivity contribution in [2.75, 3.05) is 20.2 Å². The first-order valence-corrected chi connectivity index (χ1v) is 5.78. The Balaban J connectivity index is 2.51. The first kappa shape index (κ1) is 14.3. The van der Waals surface area contributed by atoms with E-state index in [4.69, 9.17) is 16.3 Å². The maximum atomic E-state index is 11.7. The molecule has 0 aliphatic carbocycles. The van der Waals surface area contributed by atoms with Crippen molar-refractivity contribution in [2.24, 2.45) is 0 Å². The third kappa shape index (κ3) is 4.25. The highest BCUT2D eigenvalue weighted by molar-refractivity contribution is 6.32. The van der Waals surface area contributed by atoms with Crippen molar-refractivity contribution in [3.8, 4) is 5.75 Å². The Morgan fingerprint density at radius 2 is 1.94 bits per heavy atom. The Labute approximate surface area is 110 Å². The fourth-order valence-electron chi connectivity index (χ4n) is 1.32. The number of hydrogen-bond acceptors (Lipinski definition) is 3. The molecule has 2 N–H and O–H groups in total. The molecule has 0 saturated heterocycles. The van der Waals surface area contributed by atoms with Crippen molar-refractivity contribution in [3.63, 3.8) is 0 Å². The smallest absolute Gasteiger partial charge is 0.251 e. The molecule has 1 aromatic carbocycles. The lowest BCUT2D eigenvalue weighted by molar-refractivity contribution is -0.118. The van der Waals surface area contributed by atoms with E-state index < -0.39 is 0 Å². The van der Waals surface area contributed by atoms with Crippen molar-refractivity contribution >= 4 is 23.4 Å². The Morgan fingerprint density at radius 3 is 2.50 bits per heavy atom. The third-order valence-corrected chi connectivity index (χ3v) is 2.49. The summed E-state index contributed by atoms with van der Waals surface area (Å²) in [5.74, 6) is 0.146. The van der Waals surface area contributed by atoms with Crippen LogP contribution in [0.25, 0.3) is 0 Å². The van der Waals surface area contributed by atoms with E-state index in [1.165, 1.54) is 20.1 Å². The number of nitrogens with one attached hydrogen (secondary N) is 2. The summed E-state index contributed by atoms with van der Waals surface area (Å²) in [6, 6.07) is 4.79. The zero-order valence-electron chi connectivity index (χ0n) is 10.2. The van der Waals surface area contributed by atoms with E-state index in [9.17, 15) is 9.59 Å². The fraction of sp³-hybridized carbons (Fsp3) is 0.333. The summed E-state index contributed by atoms with van der Waals surface area (Å²) < 4.78 is 4.99. The topological polar surface area (TPSA) is 67.4 Å². The molecule has 0 heterocycles. The minimum Gasteiger partial charge on any atom is -0.495 e. The van der Waals surface area contributed by atoms with Gasteiger partial charge in [0, 0.05) is 25.6 Å². The van der Waals surface area contributed by atoms with Gasteiger partial charge in [-0.3, -0.25) is 9.59 Å². The van der Waals surface area contributed by atoms with E-state index in [1.54, 1.807) is 12.1 Å². The van der Waals surface area contributed by atoms with Crippen LogP contribution in [-0.2, 0) is 4.79 Å². The van der Waals surface area contributed by atoms with Gasteiger partial charge >= 0.3 is 0 Å². The van der Waals surface area contributed by atoms with Crippen molar-refractivity contribution in [3.05, 3.63) is 28.8 Å². The van der Waals surface area contributed by atoms with Gasteiger partial charge in [-0.1, -0.05) is 11.6 Å². The van der Waals surface area contributed by atoms with E-state index in [-0.39, 0.29) is 11.8 Å². The van der Waals surface area contributed by atoms with Crippen LogP contribution in [0.1, 0.15) is 17.3 Å². The number of amides is 2. The Hall–Kier alpha value is -1.75. The van der Waals surface area contributed by atoms with Gasteiger partial charge in [0.25, 0.3) is 5.91 Å². The molecule has 98 valence electrons. The molecule has 0 saturated carbocycles. The van der Waals surface area contributed by atoms with Gasteiger partial charge in [0.05, 0.1) is 12.1 Å². The molecule has 5 nitrogen and oxygen atoms in total. The maximum Gasteiger partial charge on any atom is 0.251 e. The van der Waals surface area contributed by atoms with Crippen LogP contribution in [0.4, 0.5) is 0 Å². The molecule has 0 radical (unpaired) electrons. The van der Waals surface area contributed by atoms with E-state index >= 15 is 0 Å². The fourth-order valence-corrected chi connectivity index (χ4v) is 1.58. The van der Waals surface area contributed by atoms with Crippen LogP contribution in [0.15, 0.2) is 18.2 Å². The van der Waals surface area contributed by atoms with Gasteiger partial charge in [0.1, 0.15) is 5.75 Å². The monoisotopic (exact) mass is 270 g/mol. The van der Waals surface area contributed by atoms with Crippen LogP contribution in [0.5, 0.6) is 5.75 Å². The van der Waals surface area contributed by atoms with Gasteiger partial charge in [-0.2, -0.15) is 0 Å². The predicted molar refractivity (Wildman–Crippen MR) is 69.0 cm³/mol. The zero-order chi connectivity index (χ0) is 13.5. The SMILES string of the molecule is COc1ccc(C(=O)NCCNC(C)=O)cc1Cl. The molecule has 18 heavy (non-hydrogen) atoms. The van der Waals surface area contributed by atoms with Crippen molar-refractivity contribution < 1.29 is 14.3 Å². The number of benzene rings is 1. The van der Waals surface area contributed by atoms with E-state index in [0.717, 1.165) is 0 Å². The first-order chi connectivity index (χ1) is 8.54. The second-order valence-electron chi connectivity index (χ2n) is 3.59. The van der Waals surface area contributed by atoms with Crippen LogP contribution >= 0.6 is 11.6 Å². The molecule has 0 atom stereocenters. The number of ether oxygens (including phenoxy) is 1. The Bertz CT molecular complexity index is 449. The molecular weight excluding hydrogens is 256 g/mol. The van der Waals surface area contributed by atoms with Gasteiger partial charge in [-0.05, 0) is 18.2 Å². The van der Waals surface area contributed by atoms with Gasteiger partial charge in [0.2, 0.25) is 5.91 Å². The number of hydrogen-bond donors (Lipinski definition) is 2. The second kappa shape index (κ2) is 6.86. The highest BCUT2D eigenvalue weighted by atomic mass is 35.5. The van der Waals surface area contributed by atoms with Gasteiger partial charge < -0.3 is 15.4 Å². The normalized spacial score (nSPS) is 9.72. The van der Waals surface area contributed by atoms with Crippen LogP contribution in [0.3, 0.4) is 0 Å². The molecule has 0 bridgehead atoms. The number of carbonyl (C=O) groups excluding carboxylic acids is 2. The first-order valence-electron chi connectivity index (χ1n) is 5.40. The summed E-state index contributed by atoms with van der Waals surface area (Å²) in [4.78, 5) is 22.3. The van der Waals surface area contributed by atoms with Crippen molar-refractivity contribution in [1.29, 1.82) is 0 Å². The lowest BCUT2D eigenvalue weighted by Gasteiger charge is -2.07. The summed E-state index contributed by atoms with van der Waals surface area (Å²) in [5, 5.41) is 5.63. The largest absolute Gasteiger partial charge is 0.495 e. The molecule has 0 aliphatic heterocycles. The van der Waals surface area contributed by atoms with E-state index in [1.807, 2.05) is 0 Å². The third-order valence-electron chi connectivity index (χ3n) is 2.20. The standard InChI is InChI=1S/C12H15ClN2O3/c1-8(16)14-5-6-15-12(17)9-3-4-11(18-2)10(13)7-9/h3-4,7H,5-6H2,1-2H3,(H,14,16)(H,15,17). The van der Waals surface area contributed by atoms with Crippen LogP contribution in [-0.4, -0.2) is 32.0 Å². The average molecular weight is 271 g/mol. The van der Waals surface area contributed by atoms with E-state index in [0.29, 0.717) is 29.4 Å². The molecule has 0 fully saturated rings. The molecule has 0 aromatic heterocycles. The maximum absolute atomic E-state index is 11.7. The van der Waals surface area contributed by atoms with Gasteiger partial charge in [-0.15, -0.1) is 0 Å². The average Bonchev–Trinajstić information content (AvgIpc) is 2.34. The molecule has 0 unspecified atom stereocenters. The molecule has 1 aromatic rings. The minimum atomic E-state index is -0.245. The Morgan fingerprint density at radius 1 is 1.28 bits per heavy atom. The number of methoxy groups -OCH3 is 1. The summed E-state index contributed by atoms with van der Waals surface area (Å²) in [5.41, 5.74) is 0.448. The summed E-state index contributed by atoms with van der Waals surface area (Å²) in [6.45, 7) is 2.18. The van der Waals surface area contributed by atoms with Crippen LogP contribution in [0, 0.1) is 0 Å². The molecule has 2 amide bonds. The van der Waals surface area contributed by atoms with Gasteiger partial charge in [-0.25, -0.2) is 0 Å². The molecule has 0 aliphatic rings. The molecule has 0 spiro atoms. The quantitative estimate of drug-likeness (QED) is 0.791. The van der Waals surface area contributed by atoms with Crippen molar-refractivity contribution in [1.82, 2.24) is 10.6 Å². The number of rotatable bonds is 5. The highest BCUT2D eigenvalue weighted by Crippen LogP contribution is 2.24. The van der Waals surface area contributed by atoms with E-state index in [2.05, 4.69) is 10.6 Å². The number of halogens is 1. The van der Waals surface area contributed by atoms with Gasteiger partial charge in [0.15, 0.2) is 0 Å². The van der Waals surface area contributed by atoms with Crippen LogP contribution in [0.2, 0.25) is 5.02 Å². The zero-order valence-corrected chi connectivity index (χ0v) is 11.0. The highest BCUT2D eigenvalue weighted by Gasteiger charge is 2.08. The number of carbonyl (C=O) groups is 2. The van der Waals surface area contributed by atoms with Crippen LogP contribution < -0.4 is 15.4 Å². The lowest BCUT2D eigenvalue weighted by atomic mass is 10.2. The summed E-state index contributed by atoms with van der Waals surface area (Å²) in [7, 11) is 1.51. The molecule has 1 rings (SSSR count). The minimum absolute atomic E-state index is 0.128. The summed E-state index contributed by atoms with van der Waals surface area (Å²) >= 11 is 5.91. The predicted octanol–water partition coefficient (Wildman–Crippen LogP) is 1.21. The molecule has 6 heteroatoms. The summed E-state index contributed by atoms with van der Waals surface area (Å²) in [6.07, 6.45) is 0.